The van der Waals surface area contributed by atoms with Crippen LogP contribution in [0.3, 0.4) is 0 Å². The summed E-state index contributed by atoms with van der Waals surface area (Å²) in [5.41, 5.74) is 1.59. The van der Waals surface area contributed by atoms with E-state index in [9.17, 15) is 14.0 Å². The zero-order valence-corrected chi connectivity index (χ0v) is 16.0. The highest BCUT2D eigenvalue weighted by Crippen LogP contribution is 2.38. The Morgan fingerprint density at radius 1 is 1.21 bits per heavy atom. The molecule has 1 atom stereocenters. The van der Waals surface area contributed by atoms with Crippen LogP contribution in [0, 0.1) is 12.7 Å². The fourth-order valence-electron chi connectivity index (χ4n) is 3.55. The zero-order chi connectivity index (χ0) is 20.0. The van der Waals surface area contributed by atoms with Crippen molar-refractivity contribution >= 4 is 28.5 Å². The fourth-order valence-corrected chi connectivity index (χ4v) is 3.72. The molecule has 0 radical (unpaired) electrons. The molecule has 3 aromatic rings. The van der Waals surface area contributed by atoms with Crippen molar-refractivity contribution in [2.45, 2.75) is 13.0 Å². The number of methoxy groups -OCH3 is 1. The van der Waals surface area contributed by atoms with Crippen molar-refractivity contribution in [1.29, 1.82) is 0 Å². The number of ether oxygens (including phenoxy) is 1. The summed E-state index contributed by atoms with van der Waals surface area (Å²) in [6.45, 7) is 2.34. The molecule has 0 saturated heterocycles. The number of amides is 1. The number of hydrogen-bond acceptors (Lipinski definition) is 4. The minimum absolute atomic E-state index is 0.00431. The van der Waals surface area contributed by atoms with E-state index in [1.807, 2.05) is 0 Å². The molecule has 0 N–H and O–H groups in total. The number of fused-ring (bicyclic) bond motifs is 2. The molecule has 0 aliphatic carbocycles. The van der Waals surface area contributed by atoms with Gasteiger partial charge in [0.1, 0.15) is 11.4 Å². The van der Waals surface area contributed by atoms with Gasteiger partial charge >= 0.3 is 0 Å². The Morgan fingerprint density at radius 2 is 1.93 bits per heavy atom. The van der Waals surface area contributed by atoms with Crippen molar-refractivity contribution in [2.75, 3.05) is 20.3 Å². The molecule has 0 spiro atoms. The van der Waals surface area contributed by atoms with Crippen molar-refractivity contribution in [3.8, 4) is 0 Å². The summed E-state index contributed by atoms with van der Waals surface area (Å²) >= 11 is 6.19. The lowest BCUT2D eigenvalue weighted by atomic mass is 9.98. The maximum absolute atomic E-state index is 13.4. The van der Waals surface area contributed by atoms with Gasteiger partial charge in [-0.25, -0.2) is 4.39 Å². The molecule has 1 unspecified atom stereocenters. The Balaban J connectivity index is 1.98. The Labute approximate surface area is 165 Å². The van der Waals surface area contributed by atoms with E-state index in [1.165, 1.54) is 24.1 Å². The molecule has 0 fully saturated rings. The molecule has 0 saturated carbocycles. The molecule has 2 aromatic carbocycles. The lowest BCUT2D eigenvalue weighted by Gasteiger charge is -2.24. The monoisotopic (exact) mass is 401 g/mol. The highest BCUT2D eigenvalue weighted by atomic mass is 35.5. The number of hydrogen-bond donors (Lipinski definition) is 0. The minimum Gasteiger partial charge on any atom is -0.450 e. The topological polar surface area (TPSA) is 59.8 Å². The van der Waals surface area contributed by atoms with Gasteiger partial charge in [0.05, 0.1) is 23.6 Å². The number of rotatable bonds is 4. The normalized spacial score (nSPS) is 16.1. The molecule has 1 amide bonds. The van der Waals surface area contributed by atoms with Crippen molar-refractivity contribution < 1.29 is 18.3 Å². The summed E-state index contributed by atoms with van der Waals surface area (Å²) in [5.74, 6) is -0.790. The van der Waals surface area contributed by atoms with Crippen LogP contribution < -0.4 is 5.43 Å². The zero-order valence-electron chi connectivity index (χ0n) is 15.3. The second-order valence-electron chi connectivity index (χ2n) is 6.72. The van der Waals surface area contributed by atoms with Gasteiger partial charge in [-0.05, 0) is 42.3 Å². The van der Waals surface area contributed by atoms with E-state index in [2.05, 4.69) is 0 Å². The first-order valence-electron chi connectivity index (χ1n) is 8.74. The Kier molecular flexibility index (Phi) is 4.69. The number of carbonyl (C=O) groups is 1. The van der Waals surface area contributed by atoms with E-state index in [1.54, 1.807) is 31.2 Å². The van der Waals surface area contributed by atoms with Crippen LogP contribution in [0.15, 0.2) is 45.6 Å². The molecule has 1 aromatic heterocycles. The van der Waals surface area contributed by atoms with Gasteiger partial charge in [0, 0.05) is 18.7 Å². The predicted molar refractivity (Wildman–Crippen MR) is 103 cm³/mol. The van der Waals surface area contributed by atoms with Crippen LogP contribution in [0.2, 0.25) is 5.02 Å². The summed E-state index contributed by atoms with van der Waals surface area (Å²) in [4.78, 5) is 27.8. The van der Waals surface area contributed by atoms with Crippen LogP contribution in [-0.4, -0.2) is 31.1 Å². The first kappa shape index (κ1) is 18.7. The third-order valence-corrected chi connectivity index (χ3v) is 5.38. The maximum Gasteiger partial charge on any atom is 0.290 e. The molecule has 1 aliphatic rings. The van der Waals surface area contributed by atoms with Crippen molar-refractivity contribution in [3.05, 3.63) is 79.9 Å². The number of nitrogens with zero attached hydrogens (tertiary/aromatic N) is 1. The number of carbonyl (C=O) groups excluding carboxylic acids is 1. The van der Waals surface area contributed by atoms with E-state index in [4.69, 9.17) is 20.8 Å². The number of benzene rings is 2. The van der Waals surface area contributed by atoms with Gasteiger partial charge in [-0.1, -0.05) is 23.7 Å². The molecule has 4 rings (SSSR count). The average molecular weight is 402 g/mol. The molecule has 1 aliphatic heterocycles. The van der Waals surface area contributed by atoms with E-state index in [0.717, 1.165) is 5.56 Å². The lowest BCUT2D eigenvalue weighted by molar-refractivity contribution is 0.0663. The van der Waals surface area contributed by atoms with Gasteiger partial charge in [-0.3, -0.25) is 9.59 Å². The molecule has 144 valence electrons. The summed E-state index contributed by atoms with van der Waals surface area (Å²) in [6.07, 6.45) is 0. The van der Waals surface area contributed by atoms with Gasteiger partial charge in [0.2, 0.25) is 5.76 Å². The third-order valence-electron chi connectivity index (χ3n) is 4.97. The average Bonchev–Trinajstić information content (AvgIpc) is 2.95. The molecule has 5 nitrogen and oxygen atoms in total. The van der Waals surface area contributed by atoms with Crippen LogP contribution >= 0.6 is 11.6 Å². The Morgan fingerprint density at radius 3 is 2.61 bits per heavy atom. The summed E-state index contributed by atoms with van der Waals surface area (Å²) in [7, 11) is 1.53. The van der Waals surface area contributed by atoms with Gasteiger partial charge in [0.15, 0.2) is 5.43 Å². The summed E-state index contributed by atoms with van der Waals surface area (Å²) in [6, 6.07) is 8.25. The maximum atomic E-state index is 13.4. The van der Waals surface area contributed by atoms with Crippen molar-refractivity contribution in [3.63, 3.8) is 0 Å². The van der Waals surface area contributed by atoms with Gasteiger partial charge < -0.3 is 14.1 Å². The van der Waals surface area contributed by atoms with E-state index in [-0.39, 0.29) is 29.9 Å². The fraction of sp³-hybridized carbons (Fsp3) is 0.238. The van der Waals surface area contributed by atoms with Crippen LogP contribution in [-0.2, 0) is 4.74 Å². The predicted octanol–water partition coefficient (Wildman–Crippen LogP) is 4.09. The second-order valence-corrected chi connectivity index (χ2v) is 7.12. The van der Waals surface area contributed by atoms with Crippen LogP contribution in [0.5, 0.6) is 0 Å². The SMILES string of the molecule is COCCN1C(=O)c2oc3cc(C)c(Cl)cc3c(=O)c2C1c1ccc(F)cc1. The van der Waals surface area contributed by atoms with Gasteiger partial charge in [-0.2, -0.15) is 0 Å². The first-order chi connectivity index (χ1) is 13.4. The van der Waals surface area contributed by atoms with E-state index >= 15 is 0 Å². The third kappa shape index (κ3) is 2.89. The Hall–Kier alpha value is -2.70. The molecular weight excluding hydrogens is 385 g/mol. The minimum atomic E-state index is -0.682. The molecular formula is C21H17ClFNO4. The molecule has 7 heteroatoms. The van der Waals surface area contributed by atoms with E-state index in [0.29, 0.717) is 21.6 Å². The molecule has 2 heterocycles. The first-order valence-corrected chi connectivity index (χ1v) is 9.12. The summed E-state index contributed by atoms with van der Waals surface area (Å²) < 4.78 is 24.4. The van der Waals surface area contributed by atoms with E-state index < -0.39 is 17.8 Å². The quantitative estimate of drug-likeness (QED) is 0.660. The lowest BCUT2D eigenvalue weighted by Crippen LogP contribution is -2.32. The van der Waals surface area contributed by atoms with Gasteiger partial charge in [-0.15, -0.1) is 0 Å². The molecule has 28 heavy (non-hydrogen) atoms. The highest BCUT2D eigenvalue weighted by Gasteiger charge is 2.42. The highest BCUT2D eigenvalue weighted by molar-refractivity contribution is 6.32. The summed E-state index contributed by atoms with van der Waals surface area (Å²) in [5, 5.41) is 0.751. The van der Waals surface area contributed by atoms with Crippen LogP contribution in [0.25, 0.3) is 11.0 Å². The molecule has 0 bridgehead atoms. The van der Waals surface area contributed by atoms with Gasteiger partial charge in [0.25, 0.3) is 5.91 Å². The standard InChI is InChI=1S/C21H17ClFNO4/c1-11-9-16-14(10-15(11)22)19(25)17-18(12-3-5-13(23)6-4-12)24(7-8-27-2)21(26)20(17)28-16/h3-6,9-10,18H,7-8H2,1-2H3. The second kappa shape index (κ2) is 7.04. The van der Waals surface area contributed by atoms with Crippen molar-refractivity contribution in [1.82, 2.24) is 4.90 Å². The van der Waals surface area contributed by atoms with Crippen LogP contribution in [0.4, 0.5) is 4.39 Å². The van der Waals surface area contributed by atoms with Crippen LogP contribution in [0.1, 0.15) is 33.3 Å². The van der Waals surface area contributed by atoms with Crippen molar-refractivity contribution in [2.24, 2.45) is 0 Å². The smallest absolute Gasteiger partial charge is 0.290 e. The Bertz CT molecular complexity index is 1140. The number of aryl methyl sites for hydroxylation is 1. The number of halogens is 2. The largest absolute Gasteiger partial charge is 0.450 e.